The molecule has 0 amide bonds. The summed E-state index contributed by atoms with van der Waals surface area (Å²) in [6.45, 7) is 0.723. The maximum Gasteiger partial charge on any atom is 0.204 e. The zero-order valence-electron chi connectivity index (χ0n) is 9.51. The summed E-state index contributed by atoms with van der Waals surface area (Å²) in [4.78, 5) is 6.32. The molecule has 0 atom stereocenters. The molecule has 2 rings (SSSR count). The highest BCUT2D eigenvalue weighted by atomic mass is 32.1. The van der Waals surface area contributed by atoms with Crippen LogP contribution in [0.5, 0.6) is 0 Å². The standard InChI is InChI=1S/C9H14N6S/c1-14(2)9-11-5-7(15(9)3)4-10-8-6-12-13-16-8/h5-6,10H,4H2,1-3H3. The van der Waals surface area contributed by atoms with Crippen LogP contribution in [0.15, 0.2) is 12.4 Å². The summed E-state index contributed by atoms with van der Waals surface area (Å²) >= 11 is 1.35. The summed E-state index contributed by atoms with van der Waals surface area (Å²) in [5.41, 5.74) is 1.12. The highest BCUT2D eigenvalue weighted by Gasteiger charge is 2.07. The van der Waals surface area contributed by atoms with Gasteiger partial charge < -0.3 is 14.8 Å². The minimum atomic E-state index is 0.723. The fraction of sp³-hybridized carbons (Fsp3) is 0.444. The van der Waals surface area contributed by atoms with Crippen LogP contribution in [0.3, 0.4) is 0 Å². The van der Waals surface area contributed by atoms with Crippen LogP contribution in [0.4, 0.5) is 10.9 Å². The van der Waals surface area contributed by atoms with Crippen LogP contribution in [0, 0.1) is 0 Å². The molecule has 6 nitrogen and oxygen atoms in total. The van der Waals surface area contributed by atoms with Crippen LogP contribution < -0.4 is 10.2 Å². The largest absolute Gasteiger partial charge is 0.369 e. The van der Waals surface area contributed by atoms with Gasteiger partial charge in [-0.15, -0.1) is 5.10 Å². The maximum atomic E-state index is 4.34. The smallest absolute Gasteiger partial charge is 0.204 e. The summed E-state index contributed by atoms with van der Waals surface area (Å²) in [5.74, 6) is 0.944. The van der Waals surface area contributed by atoms with Gasteiger partial charge in [-0.2, -0.15) is 0 Å². The van der Waals surface area contributed by atoms with E-state index < -0.39 is 0 Å². The number of aromatic nitrogens is 4. The molecule has 2 aromatic rings. The maximum absolute atomic E-state index is 4.34. The number of nitrogens with one attached hydrogen (secondary N) is 1. The Bertz CT molecular complexity index is 447. The van der Waals surface area contributed by atoms with Crippen LogP contribution >= 0.6 is 11.5 Å². The van der Waals surface area contributed by atoms with Crippen LogP contribution in [-0.4, -0.2) is 33.2 Å². The van der Waals surface area contributed by atoms with E-state index in [0.29, 0.717) is 0 Å². The molecule has 0 aliphatic carbocycles. The van der Waals surface area contributed by atoms with E-state index in [4.69, 9.17) is 0 Å². The van der Waals surface area contributed by atoms with Crippen molar-refractivity contribution in [2.45, 2.75) is 6.54 Å². The average Bonchev–Trinajstić information content (AvgIpc) is 2.84. The second kappa shape index (κ2) is 4.48. The Balaban J connectivity index is 2.05. The minimum absolute atomic E-state index is 0.723. The Hall–Kier alpha value is -1.63. The van der Waals surface area contributed by atoms with Gasteiger partial charge in [-0.05, 0) is 0 Å². The highest BCUT2D eigenvalue weighted by molar-refractivity contribution is 7.09. The van der Waals surface area contributed by atoms with E-state index in [-0.39, 0.29) is 0 Å². The summed E-state index contributed by atoms with van der Waals surface area (Å²) in [6, 6.07) is 0. The lowest BCUT2D eigenvalue weighted by molar-refractivity contribution is 0.814. The first-order chi connectivity index (χ1) is 7.68. The molecule has 2 heterocycles. The third kappa shape index (κ3) is 2.13. The topological polar surface area (TPSA) is 58.9 Å². The van der Waals surface area contributed by atoms with E-state index in [1.54, 1.807) is 6.20 Å². The molecule has 0 unspecified atom stereocenters. The van der Waals surface area contributed by atoms with Crippen LogP contribution in [0.25, 0.3) is 0 Å². The molecule has 0 bridgehead atoms. The number of hydrogen-bond donors (Lipinski definition) is 1. The van der Waals surface area contributed by atoms with Gasteiger partial charge in [0.1, 0.15) is 5.00 Å². The second-order valence-electron chi connectivity index (χ2n) is 3.64. The zero-order valence-corrected chi connectivity index (χ0v) is 10.3. The molecular formula is C9H14N6S. The first-order valence-electron chi connectivity index (χ1n) is 4.87. The van der Waals surface area contributed by atoms with Gasteiger partial charge in [0.2, 0.25) is 5.95 Å². The molecule has 0 spiro atoms. The Kier molecular flexibility index (Phi) is 3.04. The van der Waals surface area contributed by atoms with E-state index in [1.165, 1.54) is 11.5 Å². The molecule has 16 heavy (non-hydrogen) atoms. The van der Waals surface area contributed by atoms with Gasteiger partial charge in [0.25, 0.3) is 0 Å². The predicted molar refractivity (Wildman–Crippen MR) is 64.8 cm³/mol. The molecule has 7 heteroatoms. The SMILES string of the molecule is CN(C)c1ncc(CNc2cnns2)n1C. The monoisotopic (exact) mass is 238 g/mol. The van der Waals surface area contributed by atoms with Gasteiger partial charge in [0, 0.05) is 32.7 Å². The van der Waals surface area contributed by atoms with E-state index >= 15 is 0 Å². The van der Waals surface area contributed by atoms with Crippen LogP contribution in [0.1, 0.15) is 5.69 Å². The third-order valence-corrected chi connectivity index (χ3v) is 2.89. The van der Waals surface area contributed by atoms with Crippen molar-refractivity contribution < 1.29 is 0 Å². The fourth-order valence-electron chi connectivity index (χ4n) is 1.44. The van der Waals surface area contributed by atoms with Gasteiger partial charge >= 0.3 is 0 Å². The van der Waals surface area contributed by atoms with Crippen molar-refractivity contribution in [3.8, 4) is 0 Å². The normalized spacial score (nSPS) is 10.4. The van der Waals surface area contributed by atoms with Crippen molar-refractivity contribution in [2.24, 2.45) is 7.05 Å². The molecule has 0 aromatic carbocycles. The van der Waals surface area contributed by atoms with Crippen LogP contribution in [-0.2, 0) is 13.6 Å². The number of imidazole rings is 1. The lowest BCUT2D eigenvalue weighted by atomic mass is 10.4. The Morgan fingerprint density at radius 1 is 1.44 bits per heavy atom. The lowest BCUT2D eigenvalue weighted by Gasteiger charge is -2.12. The number of rotatable bonds is 4. The van der Waals surface area contributed by atoms with E-state index in [1.807, 2.05) is 32.2 Å². The summed E-state index contributed by atoms with van der Waals surface area (Å²) in [7, 11) is 5.96. The molecule has 0 saturated carbocycles. The van der Waals surface area contributed by atoms with Crippen molar-refractivity contribution >= 4 is 22.5 Å². The Morgan fingerprint density at radius 2 is 2.25 bits per heavy atom. The van der Waals surface area contributed by atoms with Gasteiger partial charge in [-0.25, -0.2) is 4.98 Å². The van der Waals surface area contributed by atoms with Gasteiger partial charge in [0.05, 0.1) is 24.6 Å². The van der Waals surface area contributed by atoms with Crippen LogP contribution in [0.2, 0.25) is 0 Å². The van der Waals surface area contributed by atoms with Crippen molar-refractivity contribution in [1.29, 1.82) is 0 Å². The van der Waals surface area contributed by atoms with Crippen molar-refractivity contribution in [3.63, 3.8) is 0 Å². The lowest BCUT2D eigenvalue weighted by Crippen LogP contribution is -2.15. The van der Waals surface area contributed by atoms with E-state index in [9.17, 15) is 0 Å². The third-order valence-electron chi connectivity index (χ3n) is 2.26. The minimum Gasteiger partial charge on any atom is -0.369 e. The van der Waals surface area contributed by atoms with Crippen molar-refractivity contribution in [1.82, 2.24) is 19.1 Å². The highest BCUT2D eigenvalue weighted by Crippen LogP contribution is 2.14. The van der Waals surface area contributed by atoms with E-state index in [0.717, 1.165) is 23.2 Å². The zero-order chi connectivity index (χ0) is 11.5. The first-order valence-corrected chi connectivity index (χ1v) is 5.65. The molecule has 0 fully saturated rings. The van der Waals surface area contributed by atoms with Gasteiger partial charge in [0.15, 0.2) is 0 Å². The molecule has 2 aromatic heterocycles. The summed E-state index contributed by atoms with van der Waals surface area (Å²) in [5, 5.41) is 7.98. The Morgan fingerprint density at radius 3 is 2.81 bits per heavy atom. The second-order valence-corrected chi connectivity index (χ2v) is 4.42. The molecule has 0 aliphatic heterocycles. The summed E-state index contributed by atoms with van der Waals surface area (Å²) in [6.07, 6.45) is 3.59. The summed E-state index contributed by atoms with van der Waals surface area (Å²) < 4.78 is 5.85. The quantitative estimate of drug-likeness (QED) is 0.859. The fourth-order valence-corrected chi connectivity index (χ4v) is 1.85. The first kappa shape index (κ1) is 10.9. The van der Waals surface area contributed by atoms with E-state index in [2.05, 4.69) is 24.5 Å². The number of nitrogens with zero attached hydrogens (tertiary/aromatic N) is 5. The van der Waals surface area contributed by atoms with Gasteiger partial charge in [-0.3, -0.25) is 0 Å². The molecular weight excluding hydrogens is 224 g/mol. The molecule has 0 radical (unpaired) electrons. The predicted octanol–water partition coefficient (Wildman–Crippen LogP) is 0.950. The van der Waals surface area contributed by atoms with Crippen molar-refractivity contribution in [3.05, 3.63) is 18.1 Å². The Labute approximate surface area is 98.1 Å². The van der Waals surface area contributed by atoms with Crippen molar-refractivity contribution in [2.75, 3.05) is 24.3 Å². The average molecular weight is 238 g/mol. The molecule has 0 saturated heterocycles. The molecule has 0 aliphatic rings. The van der Waals surface area contributed by atoms with Gasteiger partial charge in [-0.1, -0.05) is 4.49 Å². The molecule has 1 N–H and O–H groups in total. The number of hydrogen-bond acceptors (Lipinski definition) is 6. The number of anilines is 2. The molecule has 86 valence electrons.